The molecule has 208 valence electrons. The zero-order chi connectivity index (χ0) is 29.3. The minimum atomic E-state index is 0.629. The average Bonchev–Trinajstić information content (AvgIpc) is 3.56. The molecule has 1 aromatic heterocycles. The Hall–Kier alpha value is -5.93. The fraction of sp³-hybridized carbons (Fsp3) is 0. The summed E-state index contributed by atoms with van der Waals surface area (Å²) in [5.74, 6) is 0.629. The Kier molecular flexibility index (Phi) is 6.47. The molecule has 0 bridgehead atoms. The number of rotatable bonds is 6. The first-order valence-electron chi connectivity index (χ1n) is 14.8. The van der Waals surface area contributed by atoms with Crippen molar-refractivity contribution in [2.24, 2.45) is 0 Å². The summed E-state index contributed by atoms with van der Waals surface area (Å²) in [6.07, 6.45) is 0. The molecule has 1 heterocycles. The largest absolute Gasteiger partial charge is 0.435 e. The van der Waals surface area contributed by atoms with Gasteiger partial charge in [-0.3, -0.25) is 0 Å². The summed E-state index contributed by atoms with van der Waals surface area (Å²) in [5.41, 5.74) is 10.5. The van der Waals surface area contributed by atoms with E-state index in [-0.39, 0.29) is 0 Å². The van der Waals surface area contributed by atoms with Crippen LogP contribution in [-0.4, -0.2) is 4.98 Å². The van der Waals surface area contributed by atoms with Crippen LogP contribution in [0.4, 0.5) is 17.1 Å². The van der Waals surface area contributed by atoms with Gasteiger partial charge in [-0.25, -0.2) is 4.98 Å². The smallest absolute Gasteiger partial charge is 0.227 e. The number of hydrogen-bond acceptors (Lipinski definition) is 3. The molecule has 0 unspecified atom stereocenters. The summed E-state index contributed by atoms with van der Waals surface area (Å²) >= 11 is 0. The highest BCUT2D eigenvalue weighted by molar-refractivity contribution is 6.10. The topological polar surface area (TPSA) is 29.3 Å². The van der Waals surface area contributed by atoms with E-state index in [1.807, 2.05) is 42.5 Å². The van der Waals surface area contributed by atoms with E-state index in [1.165, 1.54) is 11.1 Å². The predicted molar refractivity (Wildman–Crippen MR) is 183 cm³/mol. The summed E-state index contributed by atoms with van der Waals surface area (Å²) in [5, 5.41) is 2.19. The minimum Gasteiger partial charge on any atom is -0.435 e. The summed E-state index contributed by atoms with van der Waals surface area (Å²) < 4.78 is 6.43. The molecule has 8 rings (SSSR count). The molecule has 0 aliphatic heterocycles. The highest BCUT2D eigenvalue weighted by Gasteiger charge is 2.18. The van der Waals surface area contributed by atoms with Crippen LogP contribution in [0, 0.1) is 0 Å². The number of benzene rings is 7. The maximum atomic E-state index is 6.43. The lowest BCUT2D eigenvalue weighted by molar-refractivity contribution is 0.623. The van der Waals surface area contributed by atoms with E-state index in [9.17, 15) is 0 Å². The van der Waals surface area contributed by atoms with Gasteiger partial charge in [-0.2, -0.15) is 0 Å². The van der Waals surface area contributed by atoms with Crippen molar-refractivity contribution in [2.45, 2.75) is 0 Å². The van der Waals surface area contributed by atoms with Crippen molar-refractivity contribution in [1.82, 2.24) is 4.98 Å². The van der Waals surface area contributed by atoms with Gasteiger partial charge in [-0.1, -0.05) is 115 Å². The third kappa shape index (κ3) is 4.71. The summed E-state index contributed by atoms with van der Waals surface area (Å²) in [6, 6.07) is 59.2. The number of para-hydroxylation sites is 1. The first-order valence-corrected chi connectivity index (χ1v) is 14.8. The van der Waals surface area contributed by atoms with E-state index >= 15 is 0 Å². The van der Waals surface area contributed by atoms with Crippen LogP contribution in [0.15, 0.2) is 174 Å². The Morgan fingerprint density at radius 1 is 0.432 bits per heavy atom. The zero-order valence-corrected chi connectivity index (χ0v) is 24.0. The van der Waals surface area contributed by atoms with Gasteiger partial charge in [-0.05, 0) is 76.7 Å². The average molecular weight is 565 g/mol. The molecular weight excluding hydrogens is 536 g/mol. The first kappa shape index (κ1) is 25.8. The molecule has 0 N–H and O–H groups in total. The molecule has 0 fully saturated rings. The van der Waals surface area contributed by atoms with Crippen molar-refractivity contribution in [3.05, 3.63) is 170 Å². The molecule has 0 radical (unpaired) electrons. The zero-order valence-electron chi connectivity index (χ0n) is 24.0. The third-order valence-electron chi connectivity index (χ3n) is 8.09. The van der Waals surface area contributed by atoms with E-state index < -0.39 is 0 Å². The number of hydrogen-bond donors (Lipinski definition) is 0. The molecule has 3 heteroatoms. The standard InChI is InChI=1S/C41H28N2O/c1-4-12-29(13-5-1)30-20-24-35(25-21-30)43(34-17-8-3-9-18-34)36-26-22-31(23-27-36)38-28-33-16-10-11-19-37(33)40-39(38)42-41(44-40)32-14-6-2-7-15-32/h1-28H. The van der Waals surface area contributed by atoms with Crippen LogP contribution in [0.25, 0.3) is 55.6 Å². The molecule has 0 aliphatic rings. The second kappa shape index (κ2) is 11.0. The number of anilines is 3. The van der Waals surface area contributed by atoms with Crippen molar-refractivity contribution in [3.63, 3.8) is 0 Å². The molecule has 0 spiro atoms. The van der Waals surface area contributed by atoms with Gasteiger partial charge in [0.25, 0.3) is 0 Å². The highest BCUT2D eigenvalue weighted by atomic mass is 16.3. The summed E-state index contributed by atoms with van der Waals surface area (Å²) in [4.78, 5) is 7.31. The fourth-order valence-electron chi connectivity index (χ4n) is 5.91. The normalized spacial score (nSPS) is 11.2. The molecule has 7 aromatic carbocycles. The van der Waals surface area contributed by atoms with Gasteiger partial charge < -0.3 is 9.32 Å². The lowest BCUT2D eigenvalue weighted by Gasteiger charge is -2.26. The molecule has 0 atom stereocenters. The van der Waals surface area contributed by atoms with Gasteiger partial charge >= 0.3 is 0 Å². The molecule has 0 aliphatic carbocycles. The van der Waals surface area contributed by atoms with Crippen LogP contribution in [-0.2, 0) is 0 Å². The van der Waals surface area contributed by atoms with Crippen molar-refractivity contribution in [2.75, 3.05) is 4.90 Å². The van der Waals surface area contributed by atoms with Crippen LogP contribution in [0.2, 0.25) is 0 Å². The van der Waals surface area contributed by atoms with Gasteiger partial charge in [0.05, 0.1) is 0 Å². The van der Waals surface area contributed by atoms with Crippen LogP contribution >= 0.6 is 0 Å². The van der Waals surface area contributed by atoms with Crippen LogP contribution in [0.3, 0.4) is 0 Å². The van der Waals surface area contributed by atoms with Crippen LogP contribution in [0.1, 0.15) is 0 Å². The molecule has 0 amide bonds. The van der Waals surface area contributed by atoms with Crippen molar-refractivity contribution in [3.8, 4) is 33.7 Å². The van der Waals surface area contributed by atoms with Crippen LogP contribution < -0.4 is 4.90 Å². The monoisotopic (exact) mass is 564 g/mol. The van der Waals surface area contributed by atoms with Crippen LogP contribution in [0.5, 0.6) is 0 Å². The van der Waals surface area contributed by atoms with Gasteiger partial charge in [-0.15, -0.1) is 0 Å². The quantitative estimate of drug-likeness (QED) is 0.201. The molecule has 3 nitrogen and oxygen atoms in total. The van der Waals surface area contributed by atoms with E-state index in [0.717, 1.165) is 55.6 Å². The lowest BCUT2D eigenvalue weighted by Crippen LogP contribution is -2.09. The second-order valence-corrected chi connectivity index (χ2v) is 10.8. The Balaban J connectivity index is 1.22. The fourth-order valence-corrected chi connectivity index (χ4v) is 5.91. The summed E-state index contributed by atoms with van der Waals surface area (Å²) in [6.45, 7) is 0. The molecular formula is C41H28N2O. The number of oxazole rings is 1. The SMILES string of the molecule is c1ccc(-c2ccc(N(c3ccccc3)c3ccc(-c4cc5ccccc5c5oc(-c6ccccc6)nc45)cc3)cc2)cc1. The molecule has 44 heavy (non-hydrogen) atoms. The van der Waals surface area contributed by atoms with Crippen molar-refractivity contribution in [1.29, 1.82) is 0 Å². The number of aromatic nitrogens is 1. The molecule has 0 saturated heterocycles. The van der Waals surface area contributed by atoms with Gasteiger partial charge in [0.1, 0.15) is 5.52 Å². The van der Waals surface area contributed by atoms with Gasteiger partial charge in [0.2, 0.25) is 5.89 Å². The van der Waals surface area contributed by atoms with Gasteiger partial charge in [0.15, 0.2) is 5.58 Å². The number of fused-ring (bicyclic) bond motifs is 3. The van der Waals surface area contributed by atoms with E-state index in [1.54, 1.807) is 0 Å². The Morgan fingerprint density at radius 3 is 1.59 bits per heavy atom. The van der Waals surface area contributed by atoms with Crippen molar-refractivity contribution >= 4 is 38.9 Å². The highest BCUT2D eigenvalue weighted by Crippen LogP contribution is 2.40. The maximum absolute atomic E-state index is 6.43. The second-order valence-electron chi connectivity index (χ2n) is 10.8. The van der Waals surface area contributed by atoms with E-state index in [4.69, 9.17) is 9.40 Å². The predicted octanol–water partition coefficient (Wildman–Crippen LogP) is 11.5. The van der Waals surface area contributed by atoms with E-state index in [2.05, 4.69) is 132 Å². The lowest BCUT2D eigenvalue weighted by atomic mass is 9.99. The van der Waals surface area contributed by atoms with Crippen molar-refractivity contribution < 1.29 is 4.42 Å². The van der Waals surface area contributed by atoms with E-state index in [0.29, 0.717) is 5.89 Å². The first-order chi connectivity index (χ1) is 21.8. The molecule has 0 saturated carbocycles. The Bertz CT molecular complexity index is 2190. The maximum Gasteiger partial charge on any atom is 0.227 e. The number of nitrogens with zero attached hydrogens (tertiary/aromatic N) is 2. The summed E-state index contributed by atoms with van der Waals surface area (Å²) in [7, 11) is 0. The van der Waals surface area contributed by atoms with Gasteiger partial charge in [0, 0.05) is 33.6 Å². The third-order valence-corrected chi connectivity index (χ3v) is 8.09. The Morgan fingerprint density at radius 2 is 0.932 bits per heavy atom. The Labute approximate surface area is 256 Å². The minimum absolute atomic E-state index is 0.629. The molecule has 8 aromatic rings.